The van der Waals surface area contributed by atoms with Gasteiger partial charge in [0.1, 0.15) is 0 Å². The number of thioether (sulfide) groups is 1. The second kappa shape index (κ2) is 6.12. The van der Waals surface area contributed by atoms with E-state index in [1.54, 1.807) is 0 Å². The Morgan fingerprint density at radius 2 is 1.93 bits per heavy atom. The predicted octanol–water partition coefficient (Wildman–Crippen LogP) is 2.04. The Labute approximate surface area is 99.0 Å². The topological polar surface area (TPSA) is 29.3 Å². The maximum atomic E-state index is 6.24. The summed E-state index contributed by atoms with van der Waals surface area (Å²) in [5.41, 5.74) is 6.24. The smallest absolute Gasteiger partial charge is 0.0225 e. The average molecular weight is 230 g/mol. The average Bonchev–Trinajstić information content (AvgIpc) is 2.08. The fraction of sp³-hybridized carbons (Fsp3) is 1.00. The zero-order valence-electron chi connectivity index (χ0n) is 10.6. The molecule has 15 heavy (non-hydrogen) atoms. The second-order valence-electron chi connectivity index (χ2n) is 5.36. The minimum absolute atomic E-state index is 0.413. The van der Waals surface area contributed by atoms with Crippen LogP contribution in [0, 0.1) is 11.8 Å². The summed E-state index contributed by atoms with van der Waals surface area (Å²) in [5.74, 6) is 2.82. The van der Waals surface area contributed by atoms with E-state index in [9.17, 15) is 0 Å². The molecule has 1 aliphatic carbocycles. The van der Waals surface area contributed by atoms with Gasteiger partial charge in [0.2, 0.25) is 0 Å². The summed E-state index contributed by atoms with van der Waals surface area (Å²) in [5, 5.41) is 0.682. The van der Waals surface area contributed by atoms with Crippen LogP contribution >= 0.6 is 11.8 Å². The molecule has 0 amide bonds. The highest BCUT2D eigenvalue weighted by Crippen LogP contribution is 2.35. The van der Waals surface area contributed by atoms with Crippen molar-refractivity contribution in [2.75, 3.05) is 26.4 Å². The van der Waals surface area contributed by atoms with E-state index in [-0.39, 0.29) is 0 Å². The number of nitrogens with two attached hydrogens (primary N) is 1. The molecular weight excluding hydrogens is 204 g/mol. The van der Waals surface area contributed by atoms with Gasteiger partial charge >= 0.3 is 0 Å². The standard InChI is InChI=1S/C12H26N2S/c1-9-7-10(2)12(11(13)8-9)15-6-5-14(3)4/h9-12H,5-8,13H2,1-4H3. The number of hydrogen-bond donors (Lipinski definition) is 1. The molecule has 0 aromatic heterocycles. The van der Waals surface area contributed by atoms with Gasteiger partial charge in [-0.25, -0.2) is 0 Å². The first-order valence-corrected chi connectivity index (χ1v) is 7.07. The van der Waals surface area contributed by atoms with Crippen molar-refractivity contribution in [2.45, 2.75) is 38.0 Å². The molecule has 4 unspecified atom stereocenters. The van der Waals surface area contributed by atoms with Crippen molar-refractivity contribution in [3.05, 3.63) is 0 Å². The quantitative estimate of drug-likeness (QED) is 0.801. The third kappa shape index (κ3) is 4.33. The highest BCUT2D eigenvalue weighted by molar-refractivity contribution is 8.00. The SMILES string of the molecule is CC1CC(C)C(SCCN(C)C)C(N)C1. The van der Waals surface area contributed by atoms with E-state index in [1.165, 1.54) is 18.6 Å². The molecule has 0 bridgehead atoms. The summed E-state index contributed by atoms with van der Waals surface area (Å²) >= 11 is 2.08. The molecule has 1 fully saturated rings. The lowest BCUT2D eigenvalue weighted by atomic mass is 9.80. The molecule has 0 saturated heterocycles. The second-order valence-corrected chi connectivity index (χ2v) is 6.64. The summed E-state index contributed by atoms with van der Waals surface area (Å²) in [6, 6.07) is 0.413. The minimum atomic E-state index is 0.413. The Hall–Kier alpha value is 0.270. The van der Waals surface area contributed by atoms with Crippen molar-refractivity contribution in [3.63, 3.8) is 0 Å². The first-order chi connectivity index (χ1) is 7.00. The molecule has 4 atom stereocenters. The van der Waals surface area contributed by atoms with Crippen molar-refractivity contribution in [1.29, 1.82) is 0 Å². The lowest BCUT2D eigenvalue weighted by Crippen LogP contribution is -2.43. The van der Waals surface area contributed by atoms with Gasteiger partial charge in [0, 0.05) is 23.6 Å². The number of nitrogens with zero attached hydrogens (tertiary/aromatic N) is 1. The van der Waals surface area contributed by atoms with Gasteiger partial charge in [-0.1, -0.05) is 13.8 Å². The summed E-state index contributed by atoms with van der Waals surface area (Å²) in [6.45, 7) is 5.86. The van der Waals surface area contributed by atoms with Gasteiger partial charge in [-0.2, -0.15) is 11.8 Å². The van der Waals surface area contributed by atoms with E-state index in [0.717, 1.165) is 18.4 Å². The molecule has 3 heteroatoms. The normalized spacial score (nSPS) is 37.2. The molecular formula is C12H26N2S. The lowest BCUT2D eigenvalue weighted by Gasteiger charge is -2.37. The molecule has 0 spiro atoms. The number of rotatable bonds is 4. The Kier molecular flexibility index (Phi) is 5.44. The van der Waals surface area contributed by atoms with E-state index in [1.807, 2.05) is 0 Å². The molecule has 0 radical (unpaired) electrons. The number of hydrogen-bond acceptors (Lipinski definition) is 3. The van der Waals surface area contributed by atoms with Gasteiger partial charge in [-0.3, -0.25) is 0 Å². The largest absolute Gasteiger partial charge is 0.327 e. The van der Waals surface area contributed by atoms with Crippen molar-refractivity contribution >= 4 is 11.8 Å². The van der Waals surface area contributed by atoms with Crippen molar-refractivity contribution < 1.29 is 0 Å². The van der Waals surface area contributed by atoms with Crippen LogP contribution in [0.5, 0.6) is 0 Å². The monoisotopic (exact) mass is 230 g/mol. The molecule has 0 aliphatic heterocycles. The molecule has 2 N–H and O–H groups in total. The molecule has 1 rings (SSSR count). The Bertz CT molecular complexity index is 172. The maximum Gasteiger partial charge on any atom is 0.0225 e. The van der Waals surface area contributed by atoms with Crippen LogP contribution in [0.2, 0.25) is 0 Å². The van der Waals surface area contributed by atoms with E-state index >= 15 is 0 Å². The van der Waals surface area contributed by atoms with E-state index in [2.05, 4.69) is 44.6 Å². The van der Waals surface area contributed by atoms with Crippen LogP contribution in [-0.2, 0) is 0 Å². The van der Waals surface area contributed by atoms with Crippen LogP contribution in [0.25, 0.3) is 0 Å². The molecule has 2 nitrogen and oxygen atoms in total. The first kappa shape index (κ1) is 13.3. The zero-order chi connectivity index (χ0) is 11.4. The maximum absolute atomic E-state index is 6.24. The van der Waals surface area contributed by atoms with Gasteiger partial charge in [-0.15, -0.1) is 0 Å². The third-order valence-corrected chi connectivity index (χ3v) is 4.90. The Morgan fingerprint density at radius 1 is 1.27 bits per heavy atom. The minimum Gasteiger partial charge on any atom is -0.327 e. The van der Waals surface area contributed by atoms with Gasteiger partial charge in [0.15, 0.2) is 0 Å². The van der Waals surface area contributed by atoms with E-state index in [0.29, 0.717) is 11.3 Å². The fourth-order valence-corrected chi connectivity index (χ4v) is 4.09. The third-order valence-electron chi connectivity index (χ3n) is 3.28. The van der Waals surface area contributed by atoms with Crippen LogP contribution in [0.3, 0.4) is 0 Å². The Balaban J connectivity index is 2.32. The zero-order valence-corrected chi connectivity index (χ0v) is 11.4. The van der Waals surface area contributed by atoms with Crippen molar-refractivity contribution in [2.24, 2.45) is 17.6 Å². The lowest BCUT2D eigenvalue weighted by molar-refractivity contribution is 0.279. The van der Waals surface area contributed by atoms with E-state index < -0.39 is 0 Å². The van der Waals surface area contributed by atoms with Crippen LogP contribution in [0.4, 0.5) is 0 Å². The van der Waals surface area contributed by atoms with Crippen molar-refractivity contribution in [3.8, 4) is 0 Å². The van der Waals surface area contributed by atoms with E-state index in [4.69, 9.17) is 5.73 Å². The van der Waals surface area contributed by atoms with Crippen LogP contribution < -0.4 is 5.73 Å². The Morgan fingerprint density at radius 3 is 2.47 bits per heavy atom. The highest BCUT2D eigenvalue weighted by Gasteiger charge is 2.31. The molecule has 1 aliphatic rings. The molecule has 0 heterocycles. The van der Waals surface area contributed by atoms with Gasteiger partial charge < -0.3 is 10.6 Å². The van der Waals surface area contributed by atoms with Crippen molar-refractivity contribution in [1.82, 2.24) is 4.90 Å². The summed E-state index contributed by atoms with van der Waals surface area (Å²) in [7, 11) is 4.26. The predicted molar refractivity (Wildman–Crippen MR) is 70.3 cm³/mol. The fourth-order valence-electron chi connectivity index (χ4n) is 2.54. The van der Waals surface area contributed by atoms with Crippen LogP contribution in [0.1, 0.15) is 26.7 Å². The van der Waals surface area contributed by atoms with Crippen LogP contribution in [0.15, 0.2) is 0 Å². The van der Waals surface area contributed by atoms with Gasteiger partial charge in [0.05, 0.1) is 0 Å². The molecule has 1 saturated carbocycles. The molecule has 90 valence electrons. The summed E-state index contributed by atoms with van der Waals surface area (Å²) < 4.78 is 0. The first-order valence-electron chi connectivity index (χ1n) is 6.02. The van der Waals surface area contributed by atoms with Gasteiger partial charge in [0.25, 0.3) is 0 Å². The molecule has 0 aromatic rings. The summed E-state index contributed by atoms with van der Waals surface area (Å²) in [4.78, 5) is 2.24. The summed E-state index contributed by atoms with van der Waals surface area (Å²) in [6.07, 6.45) is 2.57. The molecule has 0 aromatic carbocycles. The highest BCUT2D eigenvalue weighted by atomic mass is 32.2. The van der Waals surface area contributed by atoms with Crippen LogP contribution in [-0.4, -0.2) is 42.6 Å². The van der Waals surface area contributed by atoms with Gasteiger partial charge in [-0.05, 0) is 38.8 Å².